The number of fused-ring (bicyclic) bond motifs is 9. The predicted octanol–water partition coefficient (Wildman–Crippen LogP) is 15.9. The summed E-state index contributed by atoms with van der Waals surface area (Å²) < 4.78 is 11.6. The topological polar surface area (TPSA) is 23.0 Å². The van der Waals surface area contributed by atoms with Crippen LogP contribution >= 0.6 is 11.3 Å². The second-order valence-electron chi connectivity index (χ2n) is 14.5. The molecule has 8 aromatic carbocycles. The molecule has 0 radical (unpaired) electrons. The van der Waals surface area contributed by atoms with Gasteiger partial charge in [0, 0.05) is 54.0 Å². The molecule has 0 N–H and O–H groups in total. The Morgan fingerprint density at radius 3 is 1.40 bits per heavy atom. The number of aromatic nitrogens is 2. The maximum absolute atomic E-state index is 6.71. The molecule has 4 aromatic heterocycles. The lowest BCUT2D eigenvalue weighted by molar-refractivity contribution is 0.669. The molecule has 0 saturated carbocycles. The van der Waals surface area contributed by atoms with Gasteiger partial charge in [-0.05, 0) is 71.3 Å². The van der Waals surface area contributed by atoms with Gasteiger partial charge < -0.3 is 13.6 Å². The summed E-state index contributed by atoms with van der Waals surface area (Å²) in [6.45, 7) is 4.00. The molecule has 0 amide bonds. The molecular weight excluding hydrogens is 725 g/mol. The first-order chi connectivity index (χ1) is 28.8. The van der Waals surface area contributed by atoms with Crippen LogP contribution in [0, 0.1) is 0 Å². The van der Waals surface area contributed by atoms with Crippen molar-refractivity contribution >= 4 is 76.9 Å². The summed E-state index contributed by atoms with van der Waals surface area (Å²) in [7, 11) is 0. The van der Waals surface area contributed by atoms with Crippen molar-refractivity contribution < 1.29 is 4.42 Å². The predicted molar refractivity (Wildman–Crippen MR) is 248 cm³/mol. The minimum atomic E-state index is 0.879. The quantitative estimate of drug-likeness (QED) is 0.171. The van der Waals surface area contributed by atoms with Gasteiger partial charge in [-0.1, -0.05) is 153 Å². The monoisotopic (exact) mass is 762 g/mol. The summed E-state index contributed by atoms with van der Waals surface area (Å²) in [4.78, 5) is 1.21. The zero-order valence-corrected chi connectivity index (χ0v) is 33.0. The SMILES string of the molecule is CC.c1ccc(-c2c(-c3ccc4c(c3)oc3ccc(-n5c6ccccc6c6ccccc65)cc34)sc(-n3c4ccccc4c4ccccc43)c2-c2ccccc2)cc1. The average Bonchev–Trinajstić information content (AvgIpc) is 4.05. The molecule has 58 heavy (non-hydrogen) atoms. The van der Waals surface area contributed by atoms with Gasteiger partial charge in [-0.2, -0.15) is 0 Å². The zero-order valence-electron chi connectivity index (χ0n) is 32.2. The minimum absolute atomic E-state index is 0.879. The molecule has 0 aliphatic heterocycles. The van der Waals surface area contributed by atoms with E-state index in [1.54, 1.807) is 0 Å². The molecule has 276 valence electrons. The summed E-state index contributed by atoms with van der Waals surface area (Å²) in [6, 6.07) is 70.0. The molecular formula is C54H38N2OS. The molecule has 4 heterocycles. The highest BCUT2D eigenvalue weighted by Crippen LogP contribution is 2.52. The fourth-order valence-corrected chi connectivity index (χ4v) is 10.3. The Bertz CT molecular complexity index is 3370. The number of para-hydroxylation sites is 4. The minimum Gasteiger partial charge on any atom is -0.456 e. The standard InChI is InChI=1S/C52H32N2OS.C2H6/c1-3-15-33(16-4-1)49-50(34-17-5-2-6-18-34)52(54-45-25-13-9-21-39(45)40-22-10-14-26-46(40)54)56-51(49)35-27-29-41-42-32-36(28-30-47(42)55-48(41)31-35)53-43-23-11-7-19-37(43)38-20-8-12-24-44(38)53;1-2/h1-32H;1-2H3. The molecule has 0 bridgehead atoms. The third-order valence-corrected chi connectivity index (χ3v) is 12.6. The van der Waals surface area contributed by atoms with Crippen molar-refractivity contribution in [2.75, 3.05) is 0 Å². The third kappa shape index (κ3) is 5.19. The summed E-state index contributed by atoms with van der Waals surface area (Å²) in [5.74, 6) is 0. The lowest BCUT2D eigenvalue weighted by Crippen LogP contribution is -1.94. The van der Waals surface area contributed by atoms with Crippen molar-refractivity contribution in [3.05, 3.63) is 194 Å². The molecule has 4 heteroatoms. The number of hydrogen-bond donors (Lipinski definition) is 0. The number of thiophene rings is 1. The molecule has 12 aromatic rings. The second kappa shape index (κ2) is 13.8. The van der Waals surface area contributed by atoms with E-state index in [1.165, 1.54) is 75.7 Å². The first kappa shape index (κ1) is 34.1. The van der Waals surface area contributed by atoms with Crippen LogP contribution < -0.4 is 0 Å². The van der Waals surface area contributed by atoms with Crippen molar-refractivity contribution in [1.82, 2.24) is 9.13 Å². The number of hydrogen-bond acceptors (Lipinski definition) is 2. The molecule has 3 nitrogen and oxygen atoms in total. The van der Waals surface area contributed by atoms with Gasteiger partial charge in [0.2, 0.25) is 0 Å². The maximum atomic E-state index is 6.71. The van der Waals surface area contributed by atoms with Crippen LogP contribution in [0.4, 0.5) is 0 Å². The van der Waals surface area contributed by atoms with Gasteiger partial charge in [0.25, 0.3) is 0 Å². The van der Waals surface area contributed by atoms with Crippen molar-refractivity contribution in [1.29, 1.82) is 0 Å². The molecule has 0 spiro atoms. The van der Waals surface area contributed by atoms with Gasteiger partial charge in [0.05, 0.1) is 22.1 Å². The van der Waals surface area contributed by atoms with Crippen LogP contribution in [0.1, 0.15) is 13.8 Å². The molecule has 0 aliphatic carbocycles. The van der Waals surface area contributed by atoms with Crippen molar-refractivity contribution in [2.45, 2.75) is 13.8 Å². The number of nitrogens with zero attached hydrogens (tertiary/aromatic N) is 2. The van der Waals surface area contributed by atoms with Crippen LogP contribution in [0.3, 0.4) is 0 Å². The van der Waals surface area contributed by atoms with Crippen LogP contribution in [-0.2, 0) is 0 Å². The lowest BCUT2D eigenvalue weighted by Gasteiger charge is -2.12. The summed E-state index contributed by atoms with van der Waals surface area (Å²) in [5, 5.41) is 8.43. The Hall–Kier alpha value is -7.14. The second-order valence-corrected chi connectivity index (χ2v) is 15.5. The van der Waals surface area contributed by atoms with Crippen LogP contribution in [0.25, 0.3) is 109 Å². The Morgan fingerprint density at radius 1 is 0.362 bits per heavy atom. The van der Waals surface area contributed by atoms with Crippen LogP contribution in [0.15, 0.2) is 199 Å². The van der Waals surface area contributed by atoms with Gasteiger partial charge in [-0.25, -0.2) is 0 Å². The highest BCUT2D eigenvalue weighted by Gasteiger charge is 2.26. The van der Waals surface area contributed by atoms with Gasteiger partial charge in [-0.3, -0.25) is 0 Å². The number of benzene rings is 8. The van der Waals surface area contributed by atoms with Crippen LogP contribution in [0.5, 0.6) is 0 Å². The van der Waals surface area contributed by atoms with Gasteiger partial charge >= 0.3 is 0 Å². The Kier molecular flexibility index (Phi) is 8.12. The largest absolute Gasteiger partial charge is 0.456 e. The number of rotatable bonds is 5. The van der Waals surface area contributed by atoms with Gasteiger partial charge in [0.15, 0.2) is 0 Å². The highest BCUT2D eigenvalue weighted by molar-refractivity contribution is 7.19. The van der Waals surface area contributed by atoms with E-state index in [1.807, 2.05) is 25.2 Å². The first-order valence-electron chi connectivity index (χ1n) is 20.0. The van der Waals surface area contributed by atoms with Crippen molar-refractivity contribution in [3.8, 4) is 43.4 Å². The average molecular weight is 763 g/mol. The Labute approximate surface area is 340 Å². The van der Waals surface area contributed by atoms with Gasteiger partial charge in [-0.15, -0.1) is 11.3 Å². The van der Waals surface area contributed by atoms with Crippen molar-refractivity contribution in [2.24, 2.45) is 0 Å². The maximum Gasteiger partial charge on any atom is 0.136 e. The summed E-state index contributed by atoms with van der Waals surface area (Å²) >= 11 is 1.85. The Balaban J connectivity index is 0.00000190. The fourth-order valence-electron chi connectivity index (χ4n) is 8.92. The lowest BCUT2D eigenvalue weighted by atomic mass is 9.93. The molecule has 0 saturated heterocycles. The van der Waals surface area contributed by atoms with E-state index >= 15 is 0 Å². The molecule has 12 rings (SSSR count). The molecule has 0 atom stereocenters. The molecule has 0 aliphatic rings. The fraction of sp³-hybridized carbons (Fsp3) is 0.0370. The van der Waals surface area contributed by atoms with Gasteiger partial charge in [0.1, 0.15) is 16.2 Å². The van der Waals surface area contributed by atoms with E-state index < -0.39 is 0 Å². The third-order valence-electron chi connectivity index (χ3n) is 11.4. The van der Waals surface area contributed by atoms with Crippen LogP contribution in [0.2, 0.25) is 0 Å². The van der Waals surface area contributed by atoms with E-state index in [0.717, 1.165) is 33.2 Å². The molecule has 0 unspecified atom stereocenters. The van der Waals surface area contributed by atoms with E-state index in [0.29, 0.717) is 0 Å². The van der Waals surface area contributed by atoms with E-state index in [2.05, 4.69) is 203 Å². The first-order valence-corrected chi connectivity index (χ1v) is 20.8. The number of furan rings is 1. The summed E-state index contributed by atoms with van der Waals surface area (Å²) in [5.41, 5.74) is 13.6. The van der Waals surface area contributed by atoms with E-state index in [9.17, 15) is 0 Å². The van der Waals surface area contributed by atoms with E-state index in [4.69, 9.17) is 4.42 Å². The van der Waals surface area contributed by atoms with Crippen molar-refractivity contribution in [3.63, 3.8) is 0 Å². The Morgan fingerprint density at radius 2 is 0.845 bits per heavy atom. The smallest absolute Gasteiger partial charge is 0.136 e. The normalized spacial score (nSPS) is 11.6. The van der Waals surface area contributed by atoms with Crippen LogP contribution in [-0.4, -0.2) is 9.13 Å². The zero-order chi connectivity index (χ0) is 38.7. The van der Waals surface area contributed by atoms with E-state index in [-0.39, 0.29) is 0 Å². The molecule has 0 fully saturated rings. The highest BCUT2D eigenvalue weighted by atomic mass is 32.1. The summed E-state index contributed by atoms with van der Waals surface area (Å²) in [6.07, 6.45) is 0.